The molecule has 0 saturated heterocycles. The third-order valence-corrected chi connectivity index (χ3v) is 5.45. The number of carbonyl (C=O) groups excluding carboxylic acids is 3. The van der Waals surface area contributed by atoms with Crippen molar-refractivity contribution in [1.29, 1.82) is 0 Å². The highest BCUT2D eigenvalue weighted by Crippen LogP contribution is 2.26. The van der Waals surface area contributed by atoms with Crippen LogP contribution in [0.15, 0.2) is 54.6 Å². The topological polar surface area (TPSA) is 87.7 Å². The first-order chi connectivity index (χ1) is 16.4. The van der Waals surface area contributed by atoms with Crippen LogP contribution in [0.25, 0.3) is 0 Å². The maximum atomic E-state index is 13.6. The minimum absolute atomic E-state index is 0.287. The lowest BCUT2D eigenvalue weighted by atomic mass is 9.99. The van der Waals surface area contributed by atoms with Crippen LogP contribution < -0.4 is 10.6 Å². The van der Waals surface area contributed by atoms with E-state index in [4.69, 9.17) is 4.74 Å². The zero-order valence-electron chi connectivity index (χ0n) is 21.9. The molecule has 0 radical (unpaired) electrons. The molecule has 0 aliphatic carbocycles. The fourth-order valence-corrected chi connectivity index (χ4v) is 3.71. The summed E-state index contributed by atoms with van der Waals surface area (Å²) in [7, 11) is 0. The number of benzene rings is 2. The van der Waals surface area contributed by atoms with Gasteiger partial charge in [0, 0.05) is 12.6 Å². The molecule has 0 fully saturated rings. The molecule has 0 heterocycles. The number of nitrogens with zero attached hydrogens (tertiary/aromatic N) is 1. The molecule has 0 aliphatic heterocycles. The van der Waals surface area contributed by atoms with E-state index in [1.54, 1.807) is 27.7 Å². The summed E-state index contributed by atoms with van der Waals surface area (Å²) >= 11 is 0. The van der Waals surface area contributed by atoms with Gasteiger partial charge >= 0.3 is 6.09 Å². The number of alkyl carbamates (subject to hydrolysis) is 1. The number of amides is 3. The van der Waals surface area contributed by atoms with Gasteiger partial charge in [-0.15, -0.1) is 0 Å². The van der Waals surface area contributed by atoms with Crippen molar-refractivity contribution in [3.05, 3.63) is 71.3 Å². The lowest BCUT2D eigenvalue weighted by Gasteiger charge is -2.36. The monoisotopic (exact) mass is 481 g/mol. The van der Waals surface area contributed by atoms with E-state index in [0.717, 1.165) is 17.5 Å². The molecule has 190 valence electrons. The number of rotatable bonds is 9. The lowest BCUT2D eigenvalue weighted by molar-refractivity contribution is -0.144. The lowest BCUT2D eigenvalue weighted by Crippen LogP contribution is -2.54. The van der Waals surface area contributed by atoms with E-state index in [0.29, 0.717) is 12.1 Å². The Bertz CT molecular complexity index is 982. The van der Waals surface area contributed by atoms with Crippen LogP contribution in [-0.2, 0) is 27.3 Å². The van der Waals surface area contributed by atoms with E-state index < -0.39 is 23.8 Å². The maximum Gasteiger partial charge on any atom is 0.408 e. The normalized spacial score (nSPS) is 13.0. The van der Waals surface area contributed by atoms with Crippen molar-refractivity contribution in [3.8, 4) is 0 Å². The quantitative estimate of drug-likeness (QED) is 0.541. The standard InChI is InChI=1S/C28H39N3O4/c1-8-21-14-16-23(17-15-21)24(25(32)29-18-22-12-10-9-11-13-22)31(19(2)3)26(33)20(4)30-27(34)35-28(5,6)7/h9-17,19-20,24H,8,18H2,1-7H3,(H,29,32)(H,30,34). The summed E-state index contributed by atoms with van der Waals surface area (Å²) in [6.07, 6.45) is 0.189. The highest BCUT2D eigenvalue weighted by atomic mass is 16.6. The molecule has 0 bridgehead atoms. The Hall–Kier alpha value is -3.35. The predicted octanol–water partition coefficient (Wildman–Crippen LogP) is 4.76. The second-order valence-electron chi connectivity index (χ2n) is 9.91. The number of ether oxygens (including phenoxy) is 1. The van der Waals surface area contributed by atoms with Gasteiger partial charge < -0.3 is 20.3 Å². The summed E-state index contributed by atoms with van der Waals surface area (Å²) in [5.41, 5.74) is 2.12. The summed E-state index contributed by atoms with van der Waals surface area (Å²) in [6.45, 7) is 13.0. The first-order valence-corrected chi connectivity index (χ1v) is 12.1. The van der Waals surface area contributed by atoms with Crippen LogP contribution in [-0.4, -0.2) is 40.5 Å². The zero-order valence-corrected chi connectivity index (χ0v) is 21.9. The fourth-order valence-electron chi connectivity index (χ4n) is 3.71. The average molecular weight is 482 g/mol. The Kier molecular flexibility index (Phi) is 9.87. The first kappa shape index (κ1) is 27.9. The molecular weight excluding hydrogens is 442 g/mol. The Balaban J connectivity index is 2.34. The Morgan fingerprint density at radius 3 is 2.03 bits per heavy atom. The number of aryl methyl sites for hydroxylation is 1. The van der Waals surface area contributed by atoms with Crippen molar-refractivity contribution in [2.24, 2.45) is 0 Å². The van der Waals surface area contributed by atoms with Gasteiger partial charge in [-0.3, -0.25) is 9.59 Å². The maximum absolute atomic E-state index is 13.6. The Labute approximate surface area is 209 Å². The number of carbonyl (C=O) groups is 3. The molecule has 2 atom stereocenters. The van der Waals surface area contributed by atoms with Crippen LogP contribution in [0.3, 0.4) is 0 Å². The number of hydrogen-bond acceptors (Lipinski definition) is 4. The molecule has 0 aliphatic rings. The summed E-state index contributed by atoms with van der Waals surface area (Å²) in [4.78, 5) is 40.9. The van der Waals surface area contributed by atoms with Crippen molar-refractivity contribution in [3.63, 3.8) is 0 Å². The van der Waals surface area contributed by atoms with E-state index in [1.807, 2.05) is 68.4 Å². The molecule has 7 heteroatoms. The summed E-state index contributed by atoms with van der Waals surface area (Å²) in [5.74, 6) is -0.657. The van der Waals surface area contributed by atoms with Gasteiger partial charge in [-0.2, -0.15) is 0 Å². The van der Waals surface area contributed by atoms with Crippen molar-refractivity contribution in [2.45, 2.75) is 85.2 Å². The second kappa shape index (κ2) is 12.4. The smallest absolute Gasteiger partial charge is 0.408 e. The van der Waals surface area contributed by atoms with E-state index >= 15 is 0 Å². The third kappa shape index (κ3) is 8.42. The minimum atomic E-state index is -0.883. The molecule has 35 heavy (non-hydrogen) atoms. The number of nitrogens with one attached hydrogen (secondary N) is 2. The van der Waals surface area contributed by atoms with Crippen molar-refractivity contribution in [2.75, 3.05) is 0 Å². The molecule has 0 spiro atoms. The highest BCUT2D eigenvalue weighted by molar-refractivity contribution is 5.92. The second-order valence-corrected chi connectivity index (χ2v) is 9.91. The van der Waals surface area contributed by atoms with Crippen LogP contribution >= 0.6 is 0 Å². The van der Waals surface area contributed by atoms with Gasteiger partial charge in [0.15, 0.2) is 0 Å². The zero-order chi connectivity index (χ0) is 26.2. The van der Waals surface area contributed by atoms with E-state index in [1.165, 1.54) is 4.90 Å². The van der Waals surface area contributed by atoms with Gasteiger partial charge in [-0.05, 0) is 64.7 Å². The molecule has 7 nitrogen and oxygen atoms in total. The van der Waals surface area contributed by atoms with Crippen LogP contribution in [0, 0.1) is 0 Å². The molecule has 2 aromatic carbocycles. The summed E-state index contributed by atoms with van der Waals surface area (Å²) in [5, 5.41) is 5.59. The van der Waals surface area contributed by atoms with E-state index in [9.17, 15) is 14.4 Å². The van der Waals surface area contributed by atoms with Gasteiger partial charge in [0.2, 0.25) is 11.8 Å². The Morgan fingerprint density at radius 1 is 0.914 bits per heavy atom. The number of hydrogen-bond donors (Lipinski definition) is 2. The summed E-state index contributed by atoms with van der Waals surface area (Å²) < 4.78 is 5.30. The van der Waals surface area contributed by atoms with Crippen molar-refractivity contribution >= 4 is 17.9 Å². The van der Waals surface area contributed by atoms with Crippen LogP contribution in [0.5, 0.6) is 0 Å². The van der Waals surface area contributed by atoms with Gasteiger partial charge in [0.1, 0.15) is 17.7 Å². The van der Waals surface area contributed by atoms with Crippen LogP contribution in [0.1, 0.15) is 71.2 Å². The molecular formula is C28H39N3O4. The Morgan fingerprint density at radius 2 is 1.51 bits per heavy atom. The average Bonchev–Trinajstić information content (AvgIpc) is 2.79. The molecule has 2 aromatic rings. The minimum Gasteiger partial charge on any atom is -0.444 e. The fraction of sp³-hybridized carbons (Fsp3) is 0.464. The highest BCUT2D eigenvalue weighted by Gasteiger charge is 2.36. The van der Waals surface area contributed by atoms with Crippen LogP contribution in [0.4, 0.5) is 4.79 Å². The molecule has 0 saturated carbocycles. The van der Waals surface area contributed by atoms with Crippen molar-refractivity contribution < 1.29 is 19.1 Å². The van der Waals surface area contributed by atoms with Crippen molar-refractivity contribution in [1.82, 2.24) is 15.5 Å². The molecule has 2 unspecified atom stereocenters. The van der Waals surface area contributed by atoms with E-state index in [2.05, 4.69) is 17.6 Å². The summed E-state index contributed by atoms with van der Waals surface area (Å²) in [6, 6.07) is 15.3. The molecule has 2 N–H and O–H groups in total. The predicted molar refractivity (Wildman–Crippen MR) is 138 cm³/mol. The van der Waals surface area contributed by atoms with E-state index in [-0.39, 0.29) is 17.9 Å². The largest absolute Gasteiger partial charge is 0.444 e. The molecule has 3 amide bonds. The third-order valence-electron chi connectivity index (χ3n) is 5.45. The molecule has 2 rings (SSSR count). The molecule has 0 aromatic heterocycles. The first-order valence-electron chi connectivity index (χ1n) is 12.1. The van der Waals surface area contributed by atoms with Crippen LogP contribution in [0.2, 0.25) is 0 Å². The van der Waals surface area contributed by atoms with Gasteiger partial charge in [-0.25, -0.2) is 4.79 Å². The van der Waals surface area contributed by atoms with Gasteiger partial charge in [0.25, 0.3) is 0 Å². The SMILES string of the molecule is CCc1ccc(C(C(=O)NCc2ccccc2)N(C(=O)C(C)NC(=O)OC(C)(C)C)C(C)C)cc1. The van der Waals surface area contributed by atoms with Gasteiger partial charge in [0.05, 0.1) is 0 Å². The van der Waals surface area contributed by atoms with Gasteiger partial charge in [-0.1, -0.05) is 61.5 Å².